The van der Waals surface area contributed by atoms with E-state index in [2.05, 4.69) is 5.32 Å². The number of amides is 1. The predicted molar refractivity (Wildman–Crippen MR) is 67.2 cm³/mol. The number of hydrogen-bond acceptors (Lipinski definition) is 2. The molecule has 3 rings (SSSR count). The minimum atomic E-state index is -0.418. The van der Waals surface area contributed by atoms with Crippen LogP contribution in [0, 0.1) is 11.7 Å². The number of hydrogen-bond donors (Lipinski definition) is 1. The fraction of sp³-hybridized carbons (Fsp3) is 0.462. The van der Waals surface area contributed by atoms with Crippen LogP contribution >= 0.6 is 11.6 Å². The Morgan fingerprint density at radius 1 is 1.44 bits per heavy atom. The van der Waals surface area contributed by atoms with Crippen molar-refractivity contribution >= 4 is 17.5 Å². The summed E-state index contributed by atoms with van der Waals surface area (Å²) in [5.74, 6) is 0.0442. The maximum atomic E-state index is 13.0. The minimum absolute atomic E-state index is 0.0869. The van der Waals surface area contributed by atoms with Crippen molar-refractivity contribution in [2.75, 3.05) is 19.6 Å². The Kier molecular flexibility index (Phi) is 2.99. The van der Waals surface area contributed by atoms with E-state index in [-0.39, 0.29) is 17.0 Å². The number of carbonyl (C=O) groups excluding carboxylic acids is 1. The van der Waals surface area contributed by atoms with Gasteiger partial charge in [-0.1, -0.05) is 11.6 Å². The third-order valence-electron chi connectivity index (χ3n) is 3.87. The van der Waals surface area contributed by atoms with Crippen molar-refractivity contribution in [3.05, 3.63) is 34.6 Å². The molecule has 0 spiro atoms. The highest BCUT2D eigenvalue weighted by atomic mass is 35.5. The maximum Gasteiger partial charge on any atom is 0.255 e. The van der Waals surface area contributed by atoms with Gasteiger partial charge in [0.1, 0.15) is 5.82 Å². The first-order chi connectivity index (χ1) is 8.66. The molecule has 1 aromatic carbocycles. The van der Waals surface area contributed by atoms with E-state index in [0.29, 0.717) is 11.5 Å². The lowest BCUT2D eigenvalue weighted by Gasteiger charge is -2.23. The summed E-state index contributed by atoms with van der Waals surface area (Å²) in [6, 6.07) is 4.20. The number of nitrogens with zero attached hydrogens (tertiary/aromatic N) is 1. The third-order valence-corrected chi connectivity index (χ3v) is 4.18. The molecule has 0 unspecified atom stereocenters. The summed E-state index contributed by atoms with van der Waals surface area (Å²) in [5.41, 5.74) is 0.394. The molecule has 0 aliphatic carbocycles. The van der Waals surface area contributed by atoms with Crippen LogP contribution in [-0.2, 0) is 0 Å². The molecule has 0 saturated carbocycles. The molecule has 2 fully saturated rings. The Labute approximate surface area is 110 Å². The monoisotopic (exact) mass is 268 g/mol. The van der Waals surface area contributed by atoms with Gasteiger partial charge in [-0.25, -0.2) is 4.39 Å². The molecule has 1 aromatic rings. The molecule has 2 aliphatic rings. The first-order valence-corrected chi connectivity index (χ1v) is 6.51. The van der Waals surface area contributed by atoms with Crippen LogP contribution in [0.3, 0.4) is 0 Å². The van der Waals surface area contributed by atoms with E-state index in [4.69, 9.17) is 11.6 Å². The Morgan fingerprint density at radius 3 is 3.06 bits per heavy atom. The highest BCUT2D eigenvalue weighted by Crippen LogP contribution is 2.30. The van der Waals surface area contributed by atoms with E-state index in [1.807, 2.05) is 4.90 Å². The zero-order valence-corrected chi connectivity index (χ0v) is 10.6. The van der Waals surface area contributed by atoms with Crippen LogP contribution in [-0.4, -0.2) is 36.5 Å². The van der Waals surface area contributed by atoms with Crippen molar-refractivity contribution in [2.45, 2.75) is 12.5 Å². The largest absolute Gasteiger partial charge is 0.334 e. The van der Waals surface area contributed by atoms with E-state index in [1.54, 1.807) is 0 Å². The Morgan fingerprint density at radius 2 is 2.28 bits per heavy atom. The van der Waals surface area contributed by atoms with E-state index in [1.165, 1.54) is 18.2 Å². The molecule has 0 aromatic heterocycles. The van der Waals surface area contributed by atoms with Gasteiger partial charge in [-0.2, -0.15) is 0 Å². The number of fused-ring (bicyclic) bond motifs is 1. The number of benzene rings is 1. The van der Waals surface area contributed by atoms with Crippen molar-refractivity contribution in [2.24, 2.45) is 5.92 Å². The third kappa shape index (κ3) is 1.89. The van der Waals surface area contributed by atoms with Crippen LogP contribution in [0.4, 0.5) is 4.39 Å². The smallest absolute Gasteiger partial charge is 0.255 e. The van der Waals surface area contributed by atoms with Crippen molar-refractivity contribution in [1.82, 2.24) is 10.2 Å². The molecular formula is C13H14ClFN2O. The molecule has 2 atom stereocenters. The lowest BCUT2D eigenvalue weighted by atomic mass is 10.0. The quantitative estimate of drug-likeness (QED) is 0.844. The molecule has 1 amide bonds. The second-order valence-electron chi connectivity index (χ2n) is 4.90. The molecule has 18 heavy (non-hydrogen) atoms. The summed E-state index contributed by atoms with van der Waals surface area (Å²) >= 11 is 5.94. The van der Waals surface area contributed by atoms with Gasteiger partial charge in [0.05, 0.1) is 10.6 Å². The molecule has 2 saturated heterocycles. The van der Waals surface area contributed by atoms with E-state index in [0.717, 1.165) is 26.1 Å². The second-order valence-corrected chi connectivity index (χ2v) is 5.30. The topological polar surface area (TPSA) is 32.3 Å². The Hall–Kier alpha value is -1.13. The van der Waals surface area contributed by atoms with Gasteiger partial charge in [-0.05, 0) is 30.5 Å². The number of halogens is 2. The molecule has 5 heteroatoms. The summed E-state index contributed by atoms with van der Waals surface area (Å²) in [6.45, 7) is 2.59. The second kappa shape index (κ2) is 4.52. The lowest BCUT2D eigenvalue weighted by molar-refractivity contribution is 0.0737. The summed E-state index contributed by atoms with van der Waals surface area (Å²) in [4.78, 5) is 14.3. The standard InChI is InChI=1S/C13H14ClFN2O/c14-11-5-9(15)1-2-10(11)13(18)17-4-3-8-6-16-7-12(8)17/h1-2,5,8,12,16H,3-4,6-7H2/t8-,12+/m1/s1. The van der Waals surface area contributed by atoms with Crippen LogP contribution in [0.15, 0.2) is 18.2 Å². The van der Waals surface area contributed by atoms with E-state index in [9.17, 15) is 9.18 Å². The van der Waals surface area contributed by atoms with Gasteiger partial charge >= 0.3 is 0 Å². The maximum absolute atomic E-state index is 13.0. The molecule has 96 valence electrons. The normalized spacial score (nSPS) is 26.4. The number of likely N-dealkylation sites (tertiary alicyclic amines) is 1. The van der Waals surface area contributed by atoms with Crippen LogP contribution < -0.4 is 5.32 Å². The Balaban J connectivity index is 1.86. The van der Waals surface area contributed by atoms with Crippen molar-refractivity contribution < 1.29 is 9.18 Å². The van der Waals surface area contributed by atoms with Crippen LogP contribution in [0.2, 0.25) is 5.02 Å². The molecule has 0 bridgehead atoms. The fourth-order valence-electron chi connectivity index (χ4n) is 2.92. The van der Waals surface area contributed by atoms with Gasteiger partial charge in [0, 0.05) is 25.7 Å². The average molecular weight is 269 g/mol. The first kappa shape index (κ1) is 11.9. The van der Waals surface area contributed by atoms with E-state index >= 15 is 0 Å². The zero-order valence-electron chi connectivity index (χ0n) is 9.83. The number of rotatable bonds is 1. The highest BCUT2D eigenvalue weighted by molar-refractivity contribution is 6.33. The molecule has 2 aliphatic heterocycles. The predicted octanol–water partition coefficient (Wildman–Crippen LogP) is 1.91. The SMILES string of the molecule is O=C(c1ccc(F)cc1Cl)N1CC[C@@H]2CNC[C@@H]21. The summed E-state index contributed by atoms with van der Waals surface area (Å²) < 4.78 is 13.0. The molecular weight excluding hydrogens is 255 g/mol. The van der Waals surface area contributed by atoms with Crippen LogP contribution in [0.1, 0.15) is 16.8 Å². The average Bonchev–Trinajstić information content (AvgIpc) is 2.89. The van der Waals surface area contributed by atoms with Crippen LogP contribution in [0.5, 0.6) is 0 Å². The minimum Gasteiger partial charge on any atom is -0.334 e. The van der Waals surface area contributed by atoms with Crippen molar-refractivity contribution in [3.8, 4) is 0 Å². The molecule has 0 radical (unpaired) electrons. The zero-order chi connectivity index (χ0) is 12.7. The Bertz CT molecular complexity index is 494. The van der Waals surface area contributed by atoms with Crippen LogP contribution in [0.25, 0.3) is 0 Å². The van der Waals surface area contributed by atoms with E-state index < -0.39 is 5.82 Å². The van der Waals surface area contributed by atoms with Gasteiger partial charge in [-0.3, -0.25) is 4.79 Å². The van der Waals surface area contributed by atoms with Gasteiger partial charge in [0.2, 0.25) is 0 Å². The summed E-state index contributed by atoms with van der Waals surface area (Å²) in [6.07, 6.45) is 1.03. The number of nitrogens with one attached hydrogen (secondary N) is 1. The van der Waals surface area contributed by atoms with Crippen molar-refractivity contribution in [3.63, 3.8) is 0 Å². The lowest BCUT2D eigenvalue weighted by Crippen LogP contribution is -2.39. The number of carbonyl (C=O) groups is 1. The van der Waals surface area contributed by atoms with Crippen molar-refractivity contribution in [1.29, 1.82) is 0 Å². The van der Waals surface area contributed by atoms with Gasteiger partial charge in [0.15, 0.2) is 0 Å². The first-order valence-electron chi connectivity index (χ1n) is 6.13. The molecule has 2 heterocycles. The van der Waals surface area contributed by atoms with Gasteiger partial charge in [0.25, 0.3) is 5.91 Å². The molecule has 1 N–H and O–H groups in total. The summed E-state index contributed by atoms with van der Waals surface area (Å²) in [5, 5.41) is 3.49. The molecule has 3 nitrogen and oxygen atoms in total. The fourth-order valence-corrected chi connectivity index (χ4v) is 3.17. The van der Waals surface area contributed by atoms with Gasteiger partial charge < -0.3 is 10.2 Å². The highest BCUT2D eigenvalue weighted by Gasteiger charge is 2.40. The summed E-state index contributed by atoms with van der Waals surface area (Å²) in [7, 11) is 0. The van der Waals surface area contributed by atoms with Gasteiger partial charge in [-0.15, -0.1) is 0 Å².